The van der Waals surface area contributed by atoms with Crippen LogP contribution >= 0.6 is 11.3 Å². The van der Waals surface area contributed by atoms with Gasteiger partial charge in [-0.05, 0) is 30.3 Å². The molecule has 0 fully saturated rings. The minimum atomic E-state index is -0.525. The van der Waals surface area contributed by atoms with E-state index in [0.717, 1.165) is 0 Å². The fraction of sp³-hybridized carbons (Fsp3) is 0.0588. The Labute approximate surface area is 143 Å². The number of benzene rings is 2. The molecule has 4 aromatic rings. The molecule has 2 aromatic heterocycles. The van der Waals surface area contributed by atoms with E-state index in [2.05, 4.69) is 4.98 Å². The van der Waals surface area contributed by atoms with Crippen LogP contribution in [0.25, 0.3) is 32.5 Å². The van der Waals surface area contributed by atoms with E-state index >= 15 is 0 Å². The van der Waals surface area contributed by atoms with Crippen molar-refractivity contribution in [3.8, 4) is 28.6 Å². The Morgan fingerprint density at radius 1 is 1.16 bits per heavy atom. The molecule has 1 aliphatic heterocycles. The van der Waals surface area contributed by atoms with Gasteiger partial charge >= 0.3 is 0 Å². The highest BCUT2D eigenvalue weighted by Crippen LogP contribution is 2.39. The fourth-order valence-corrected chi connectivity index (χ4v) is 3.77. The highest BCUT2D eigenvalue weighted by Gasteiger charge is 2.21. The van der Waals surface area contributed by atoms with Crippen molar-refractivity contribution in [2.75, 3.05) is 12.5 Å². The normalized spacial score (nSPS) is 13.0. The van der Waals surface area contributed by atoms with Crippen LogP contribution in [-0.4, -0.2) is 16.9 Å². The molecular formula is C17H10N2O5S. The van der Waals surface area contributed by atoms with Crippen molar-refractivity contribution >= 4 is 37.7 Å². The zero-order valence-electron chi connectivity index (χ0n) is 12.6. The maximum absolute atomic E-state index is 12.8. The summed E-state index contributed by atoms with van der Waals surface area (Å²) in [6.45, 7) is 0.136. The van der Waals surface area contributed by atoms with Crippen LogP contribution in [0.3, 0.4) is 0 Å². The Kier molecular flexibility index (Phi) is 2.75. The Balaban J connectivity index is 1.81. The summed E-state index contributed by atoms with van der Waals surface area (Å²) in [6, 6.07) is 8.44. The molecule has 0 saturated carbocycles. The van der Waals surface area contributed by atoms with E-state index in [1.54, 1.807) is 30.3 Å². The minimum Gasteiger partial charge on any atom is -0.502 e. The molecule has 1 aliphatic rings. The molecule has 8 heteroatoms. The number of rotatable bonds is 1. The predicted molar refractivity (Wildman–Crippen MR) is 93.3 cm³/mol. The van der Waals surface area contributed by atoms with Crippen molar-refractivity contribution in [1.29, 1.82) is 0 Å². The number of hydrogen-bond acceptors (Lipinski definition) is 8. The van der Waals surface area contributed by atoms with Gasteiger partial charge < -0.3 is 24.7 Å². The van der Waals surface area contributed by atoms with Gasteiger partial charge in [0.2, 0.25) is 18.0 Å². The first-order valence-corrected chi connectivity index (χ1v) is 8.18. The van der Waals surface area contributed by atoms with Crippen LogP contribution in [0.5, 0.6) is 17.2 Å². The average molecular weight is 354 g/mol. The van der Waals surface area contributed by atoms with Crippen LogP contribution < -0.4 is 20.6 Å². The SMILES string of the molecule is Nc1nc2ccc3oc(-c4ccc5c(c4)OCO5)c(O)c(=O)c3c2s1. The molecule has 25 heavy (non-hydrogen) atoms. The summed E-state index contributed by atoms with van der Waals surface area (Å²) < 4.78 is 17.0. The van der Waals surface area contributed by atoms with Crippen LogP contribution in [0, 0.1) is 0 Å². The van der Waals surface area contributed by atoms with Gasteiger partial charge in [-0.15, -0.1) is 0 Å². The molecule has 0 saturated heterocycles. The number of nitrogens with zero attached hydrogens (tertiary/aromatic N) is 1. The number of nitrogens with two attached hydrogens (primary N) is 1. The molecule has 3 N–H and O–H groups in total. The van der Waals surface area contributed by atoms with Gasteiger partial charge in [-0.2, -0.15) is 0 Å². The molecule has 3 heterocycles. The van der Waals surface area contributed by atoms with Crippen molar-refractivity contribution in [3.63, 3.8) is 0 Å². The Morgan fingerprint density at radius 3 is 2.88 bits per heavy atom. The van der Waals surface area contributed by atoms with Gasteiger partial charge in [-0.25, -0.2) is 4.98 Å². The molecule has 124 valence electrons. The topological polar surface area (TPSA) is 108 Å². The lowest BCUT2D eigenvalue weighted by atomic mass is 10.1. The zero-order chi connectivity index (χ0) is 17.1. The molecular weight excluding hydrogens is 344 g/mol. The van der Waals surface area contributed by atoms with E-state index in [-0.39, 0.29) is 17.9 Å². The molecule has 5 rings (SSSR count). The van der Waals surface area contributed by atoms with Gasteiger partial charge in [-0.1, -0.05) is 11.3 Å². The van der Waals surface area contributed by atoms with Crippen LogP contribution in [0.4, 0.5) is 5.13 Å². The van der Waals surface area contributed by atoms with E-state index < -0.39 is 11.2 Å². The minimum absolute atomic E-state index is 0.0765. The molecule has 0 atom stereocenters. The lowest BCUT2D eigenvalue weighted by Gasteiger charge is -2.07. The van der Waals surface area contributed by atoms with E-state index in [4.69, 9.17) is 19.6 Å². The lowest BCUT2D eigenvalue weighted by Crippen LogP contribution is -2.02. The Hall–Kier alpha value is -3.26. The third-order valence-corrected chi connectivity index (χ3v) is 4.96. The summed E-state index contributed by atoms with van der Waals surface area (Å²) >= 11 is 1.18. The lowest BCUT2D eigenvalue weighted by molar-refractivity contribution is 0.174. The summed E-state index contributed by atoms with van der Waals surface area (Å²) in [6.07, 6.45) is 0. The predicted octanol–water partition coefficient (Wildman–Crippen LogP) is 3.09. The average Bonchev–Trinajstić information content (AvgIpc) is 3.22. The summed E-state index contributed by atoms with van der Waals surface area (Å²) in [5.41, 5.74) is 6.67. The molecule has 0 bridgehead atoms. The largest absolute Gasteiger partial charge is 0.502 e. The van der Waals surface area contributed by atoms with Gasteiger partial charge in [0.05, 0.1) is 15.6 Å². The summed E-state index contributed by atoms with van der Waals surface area (Å²) in [7, 11) is 0. The summed E-state index contributed by atoms with van der Waals surface area (Å²) in [5, 5.41) is 11.1. The Morgan fingerprint density at radius 2 is 2.00 bits per heavy atom. The van der Waals surface area contributed by atoms with Gasteiger partial charge in [0.1, 0.15) is 5.58 Å². The number of aromatic hydroxyl groups is 1. The maximum Gasteiger partial charge on any atom is 0.236 e. The molecule has 7 nitrogen and oxygen atoms in total. The zero-order valence-corrected chi connectivity index (χ0v) is 13.4. The van der Waals surface area contributed by atoms with Crippen molar-refractivity contribution in [3.05, 3.63) is 40.6 Å². The van der Waals surface area contributed by atoms with Crippen molar-refractivity contribution < 1.29 is 19.0 Å². The van der Waals surface area contributed by atoms with E-state index in [1.807, 2.05) is 0 Å². The maximum atomic E-state index is 12.8. The Bertz CT molecular complexity index is 1230. The van der Waals surface area contributed by atoms with Crippen molar-refractivity contribution in [2.24, 2.45) is 0 Å². The second-order valence-electron chi connectivity index (χ2n) is 5.52. The van der Waals surface area contributed by atoms with Crippen LogP contribution in [0.2, 0.25) is 0 Å². The second-order valence-corrected chi connectivity index (χ2v) is 6.55. The molecule has 0 radical (unpaired) electrons. The van der Waals surface area contributed by atoms with Gasteiger partial charge in [0, 0.05) is 5.56 Å². The number of aromatic nitrogens is 1. The number of anilines is 1. The van der Waals surface area contributed by atoms with E-state index in [0.29, 0.717) is 38.0 Å². The van der Waals surface area contributed by atoms with Gasteiger partial charge in [-0.3, -0.25) is 4.79 Å². The molecule has 0 amide bonds. The first-order valence-electron chi connectivity index (χ1n) is 7.36. The highest BCUT2D eigenvalue weighted by atomic mass is 32.1. The van der Waals surface area contributed by atoms with E-state index in [1.165, 1.54) is 11.3 Å². The number of thiazole rings is 1. The highest BCUT2D eigenvalue weighted by molar-refractivity contribution is 7.23. The first-order chi connectivity index (χ1) is 12.1. The fourth-order valence-electron chi connectivity index (χ4n) is 2.90. The standard InChI is InChI=1S/C17H10N2O5S/c18-17-19-8-2-4-10-12(16(8)25-17)13(20)14(21)15(24-10)7-1-3-9-11(5-7)23-6-22-9/h1-5,21H,6H2,(H2,18,19). The monoisotopic (exact) mass is 354 g/mol. The molecule has 0 unspecified atom stereocenters. The molecule has 0 spiro atoms. The van der Waals surface area contributed by atoms with Crippen LogP contribution in [0.1, 0.15) is 0 Å². The van der Waals surface area contributed by atoms with Gasteiger partial charge in [0.25, 0.3) is 0 Å². The number of ether oxygens (including phenoxy) is 2. The van der Waals surface area contributed by atoms with Crippen molar-refractivity contribution in [1.82, 2.24) is 4.98 Å². The third kappa shape index (κ3) is 1.97. The number of hydrogen-bond donors (Lipinski definition) is 2. The second kappa shape index (κ2) is 4.87. The van der Waals surface area contributed by atoms with Crippen molar-refractivity contribution in [2.45, 2.75) is 0 Å². The molecule has 0 aliphatic carbocycles. The number of nitrogen functional groups attached to an aromatic ring is 1. The quantitative estimate of drug-likeness (QED) is 0.541. The van der Waals surface area contributed by atoms with Crippen LogP contribution in [0.15, 0.2) is 39.5 Å². The summed E-state index contributed by atoms with van der Waals surface area (Å²) in [4.78, 5) is 16.9. The number of fused-ring (bicyclic) bond motifs is 4. The smallest absolute Gasteiger partial charge is 0.236 e. The summed E-state index contributed by atoms with van der Waals surface area (Å²) in [5.74, 6) is 0.747. The molecule has 2 aromatic carbocycles. The third-order valence-electron chi connectivity index (χ3n) is 4.04. The van der Waals surface area contributed by atoms with Crippen LogP contribution in [-0.2, 0) is 0 Å². The first kappa shape index (κ1) is 14.1. The van der Waals surface area contributed by atoms with E-state index in [9.17, 15) is 9.90 Å². The van der Waals surface area contributed by atoms with Gasteiger partial charge in [0.15, 0.2) is 22.4 Å².